The third-order valence-electron chi connectivity index (χ3n) is 8.40. The van der Waals surface area contributed by atoms with Crippen molar-refractivity contribution in [3.63, 3.8) is 0 Å². The molecule has 6 nitrogen and oxygen atoms in total. The van der Waals surface area contributed by atoms with Crippen molar-refractivity contribution in [3.8, 4) is 5.75 Å². The summed E-state index contributed by atoms with van der Waals surface area (Å²) in [6.07, 6.45) is 2.12. The van der Waals surface area contributed by atoms with Crippen molar-refractivity contribution in [2.24, 2.45) is 17.3 Å². The lowest BCUT2D eigenvalue weighted by molar-refractivity contribution is -0.116. The van der Waals surface area contributed by atoms with Crippen LogP contribution in [0, 0.1) is 17.3 Å². The fourth-order valence-corrected chi connectivity index (χ4v) is 6.70. The summed E-state index contributed by atoms with van der Waals surface area (Å²) in [5.41, 5.74) is 2.78. The minimum absolute atomic E-state index is 0.0851. The Balaban J connectivity index is 1.34. The van der Waals surface area contributed by atoms with E-state index in [1.807, 2.05) is 12.1 Å². The maximum atomic E-state index is 10.5. The number of hydrogen-bond donors (Lipinski definition) is 4. The first kappa shape index (κ1) is 19.8. The molecule has 4 N–H and O–H groups in total. The highest BCUT2D eigenvalue weighted by Crippen LogP contribution is 2.60. The van der Waals surface area contributed by atoms with E-state index in [2.05, 4.69) is 13.0 Å². The van der Waals surface area contributed by atoms with Gasteiger partial charge < -0.3 is 29.9 Å². The second-order valence-electron chi connectivity index (χ2n) is 9.74. The summed E-state index contributed by atoms with van der Waals surface area (Å²) in [7, 11) is 0. The molecular weight excluding hydrogens is 372 g/mol. The Morgan fingerprint density at radius 1 is 1.10 bits per heavy atom. The van der Waals surface area contributed by atoms with E-state index in [0.717, 1.165) is 38.5 Å². The van der Waals surface area contributed by atoms with Crippen LogP contribution in [0.4, 0.5) is 0 Å². The Bertz CT molecular complexity index is 768. The third kappa shape index (κ3) is 3.03. The minimum Gasteiger partial charge on any atom is -0.462 e. The van der Waals surface area contributed by atoms with Crippen LogP contribution < -0.4 is 4.74 Å². The largest absolute Gasteiger partial charge is 0.462 e. The quantitative estimate of drug-likeness (QED) is 0.612. The van der Waals surface area contributed by atoms with Gasteiger partial charge in [0.25, 0.3) is 0 Å². The highest BCUT2D eigenvalue weighted by molar-refractivity contribution is 5.41. The van der Waals surface area contributed by atoms with Gasteiger partial charge in [-0.25, -0.2) is 0 Å². The van der Waals surface area contributed by atoms with E-state index in [9.17, 15) is 20.4 Å². The van der Waals surface area contributed by atoms with Gasteiger partial charge in [0.2, 0.25) is 6.29 Å². The Morgan fingerprint density at radius 2 is 1.93 bits per heavy atom. The number of benzene rings is 1. The van der Waals surface area contributed by atoms with Gasteiger partial charge in [0.1, 0.15) is 24.1 Å². The number of fused-ring (bicyclic) bond motifs is 5. The molecule has 0 bridgehead atoms. The molecule has 160 valence electrons. The molecule has 3 fully saturated rings. The number of ether oxygens (including phenoxy) is 2. The van der Waals surface area contributed by atoms with Crippen molar-refractivity contribution in [2.75, 3.05) is 6.61 Å². The van der Waals surface area contributed by atoms with E-state index in [1.54, 1.807) is 0 Å². The van der Waals surface area contributed by atoms with Crippen molar-refractivity contribution in [2.45, 2.75) is 82.1 Å². The lowest BCUT2D eigenvalue weighted by atomic mass is 9.55. The van der Waals surface area contributed by atoms with Crippen LogP contribution in [0.5, 0.6) is 5.75 Å². The highest BCUT2D eigenvalue weighted by atomic mass is 16.7. The monoisotopic (exact) mass is 404 g/mol. The molecule has 1 aliphatic heterocycles. The predicted octanol–water partition coefficient (Wildman–Crippen LogP) is 1.72. The Morgan fingerprint density at radius 3 is 2.69 bits per heavy atom. The predicted molar refractivity (Wildman–Crippen MR) is 105 cm³/mol. The molecule has 1 aromatic rings. The van der Waals surface area contributed by atoms with Crippen LogP contribution in [-0.2, 0) is 11.2 Å². The summed E-state index contributed by atoms with van der Waals surface area (Å²) in [5, 5.41) is 39.8. The SMILES string of the molecule is C[C@]12CC[C@@H]3c4ccc(O[C@@H]5O[C@H](CO)[C@H](O)[C@H]5O)cc4CC[C@H]3[C@@H]1CC[C@@H]2O. The zero-order chi connectivity index (χ0) is 20.3. The van der Waals surface area contributed by atoms with Crippen molar-refractivity contribution < 1.29 is 29.9 Å². The molecule has 6 heteroatoms. The van der Waals surface area contributed by atoms with Crippen LogP contribution in [0.1, 0.15) is 56.1 Å². The van der Waals surface area contributed by atoms with E-state index in [-0.39, 0.29) is 18.1 Å². The first-order valence-electron chi connectivity index (χ1n) is 11.0. The van der Waals surface area contributed by atoms with E-state index in [0.29, 0.717) is 23.5 Å². The lowest BCUT2D eigenvalue weighted by Crippen LogP contribution is -2.43. The number of aliphatic hydroxyl groups excluding tert-OH is 4. The zero-order valence-corrected chi connectivity index (χ0v) is 16.9. The average Bonchev–Trinajstić information content (AvgIpc) is 3.18. The van der Waals surface area contributed by atoms with Crippen molar-refractivity contribution >= 4 is 0 Å². The van der Waals surface area contributed by atoms with Crippen molar-refractivity contribution in [3.05, 3.63) is 29.3 Å². The molecule has 0 radical (unpaired) electrons. The highest BCUT2D eigenvalue weighted by Gasteiger charge is 2.54. The van der Waals surface area contributed by atoms with Gasteiger partial charge in [0, 0.05) is 0 Å². The van der Waals surface area contributed by atoms with Gasteiger partial charge in [0.05, 0.1) is 12.7 Å². The van der Waals surface area contributed by atoms with Gasteiger partial charge in [-0.2, -0.15) is 0 Å². The molecule has 3 aliphatic carbocycles. The van der Waals surface area contributed by atoms with Crippen molar-refractivity contribution in [1.29, 1.82) is 0 Å². The molecule has 1 saturated heterocycles. The molecule has 0 amide bonds. The number of hydrogen-bond acceptors (Lipinski definition) is 6. The molecule has 1 aromatic carbocycles. The summed E-state index contributed by atoms with van der Waals surface area (Å²) < 4.78 is 11.3. The number of aliphatic hydroxyl groups is 4. The Kier molecular flexibility index (Phi) is 4.91. The molecule has 4 aliphatic rings. The molecule has 2 saturated carbocycles. The third-order valence-corrected chi connectivity index (χ3v) is 8.40. The van der Waals surface area contributed by atoms with Crippen LogP contribution in [0.2, 0.25) is 0 Å². The van der Waals surface area contributed by atoms with Crippen LogP contribution in [0.15, 0.2) is 18.2 Å². The molecule has 29 heavy (non-hydrogen) atoms. The Labute approximate surface area is 171 Å². The Hall–Kier alpha value is -1.18. The van der Waals surface area contributed by atoms with E-state index in [1.165, 1.54) is 11.1 Å². The van der Waals surface area contributed by atoms with Gasteiger partial charge in [-0.3, -0.25) is 0 Å². The normalized spacial score (nSPS) is 46.1. The number of aryl methyl sites for hydroxylation is 1. The van der Waals surface area contributed by atoms with Crippen LogP contribution in [0.25, 0.3) is 0 Å². The first-order chi connectivity index (χ1) is 13.9. The summed E-state index contributed by atoms with van der Waals surface area (Å²) in [5.74, 6) is 2.42. The van der Waals surface area contributed by atoms with Gasteiger partial charge in [-0.1, -0.05) is 13.0 Å². The first-order valence-corrected chi connectivity index (χ1v) is 11.0. The van der Waals surface area contributed by atoms with Gasteiger partial charge >= 0.3 is 0 Å². The molecule has 0 aromatic heterocycles. The maximum Gasteiger partial charge on any atom is 0.229 e. The fraction of sp³-hybridized carbons (Fsp3) is 0.739. The van der Waals surface area contributed by atoms with Gasteiger partial charge in [0.15, 0.2) is 0 Å². The topological polar surface area (TPSA) is 99.4 Å². The van der Waals surface area contributed by atoms with E-state index >= 15 is 0 Å². The smallest absolute Gasteiger partial charge is 0.229 e. The van der Waals surface area contributed by atoms with Crippen LogP contribution in [-0.4, -0.2) is 57.7 Å². The van der Waals surface area contributed by atoms with E-state index < -0.39 is 24.6 Å². The second-order valence-corrected chi connectivity index (χ2v) is 9.74. The lowest BCUT2D eigenvalue weighted by Gasteiger charge is -2.50. The van der Waals surface area contributed by atoms with E-state index in [4.69, 9.17) is 9.47 Å². The van der Waals surface area contributed by atoms with Gasteiger partial charge in [-0.15, -0.1) is 0 Å². The second kappa shape index (κ2) is 7.20. The molecule has 0 spiro atoms. The summed E-state index contributed by atoms with van der Waals surface area (Å²) in [6, 6.07) is 6.11. The summed E-state index contributed by atoms with van der Waals surface area (Å²) >= 11 is 0. The van der Waals surface area contributed by atoms with Crippen LogP contribution in [0.3, 0.4) is 0 Å². The average molecular weight is 405 g/mol. The fourth-order valence-electron chi connectivity index (χ4n) is 6.70. The molecule has 1 heterocycles. The summed E-state index contributed by atoms with van der Waals surface area (Å²) in [6.45, 7) is 1.93. The molecule has 0 unspecified atom stereocenters. The maximum absolute atomic E-state index is 10.5. The molecular formula is C23H32O6. The summed E-state index contributed by atoms with van der Waals surface area (Å²) in [4.78, 5) is 0. The van der Waals surface area contributed by atoms with Gasteiger partial charge in [-0.05, 0) is 85.0 Å². The standard InChI is InChI=1S/C23H32O6/c1-23-9-8-15-14-5-3-13(28-22-21(27)20(26)18(11-24)29-22)10-12(14)2-4-16(15)17(23)6-7-19(23)25/h3,5,10,15-22,24-27H,2,4,6-9,11H2,1H3/t15-,16-,17+,18-,19+,20+,21-,22-,23+/m1/s1. The molecule has 9 atom stereocenters. The van der Waals surface area contributed by atoms with Crippen molar-refractivity contribution in [1.82, 2.24) is 0 Å². The minimum atomic E-state index is -1.18. The zero-order valence-electron chi connectivity index (χ0n) is 16.9. The molecule has 5 rings (SSSR count). The number of rotatable bonds is 3. The van der Waals surface area contributed by atoms with Crippen LogP contribution >= 0.6 is 0 Å².